The molecule has 1 aliphatic rings. The predicted molar refractivity (Wildman–Crippen MR) is 104 cm³/mol. The van der Waals surface area contributed by atoms with Crippen molar-refractivity contribution in [2.75, 3.05) is 18.4 Å². The van der Waals surface area contributed by atoms with E-state index in [9.17, 15) is 22.4 Å². The zero-order valence-electron chi connectivity index (χ0n) is 15.8. The molecular formula is C19H21FN4O4S. The van der Waals surface area contributed by atoms with E-state index in [1.165, 1.54) is 35.8 Å². The van der Waals surface area contributed by atoms with Crippen molar-refractivity contribution in [3.8, 4) is 0 Å². The molecule has 3 rings (SSSR count). The van der Waals surface area contributed by atoms with Gasteiger partial charge in [0.15, 0.2) is 0 Å². The van der Waals surface area contributed by atoms with Gasteiger partial charge in [0.1, 0.15) is 10.7 Å². The number of hydrogen-bond donors (Lipinski definition) is 2. The van der Waals surface area contributed by atoms with Crippen molar-refractivity contribution in [2.45, 2.75) is 24.7 Å². The van der Waals surface area contributed by atoms with Gasteiger partial charge in [-0.3, -0.25) is 14.6 Å². The minimum atomic E-state index is -3.66. The average molecular weight is 420 g/mol. The van der Waals surface area contributed by atoms with Crippen LogP contribution < -0.4 is 11.1 Å². The van der Waals surface area contributed by atoms with E-state index in [1.54, 1.807) is 6.07 Å². The van der Waals surface area contributed by atoms with Crippen molar-refractivity contribution >= 4 is 27.5 Å². The second-order valence-electron chi connectivity index (χ2n) is 6.85. The lowest BCUT2D eigenvalue weighted by Crippen LogP contribution is -2.41. The molecule has 2 amide bonds. The molecule has 0 spiro atoms. The molecule has 0 bridgehead atoms. The second kappa shape index (κ2) is 8.26. The minimum Gasteiger partial charge on any atom is -0.366 e. The van der Waals surface area contributed by atoms with Gasteiger partial charge in [0, 0.05) is 48.2 Å². The third-order valence-electron chi connectivity index (χ3n) is 4.98. The molecule has 0 unspecified atom stereocenters. The first-order chi connectivity index (χ1) is 13.7. The Hall–Kier alpha value is -2.85. The van der Waals surface area contributed by atoms with Crippen LogP contribution in [-0.4, -0.2) is 42.6 Å². The van der Waals surface area contributed by atoms with Gasteiger partial charge in [-0.15, -0.1) is 0 Å². The fraction of sp³-hybridized carbons (Fsp3) is 0.316. The Bertz CT molecular complexity index is 1040. The maximum atomic E-state index is 14.0. The standard InChI is InChI=1S/C19H21FN4O4S/c1-12-16(20)9-14(18(21)25)10-17(12)23-19(26)13-4-7-24(8-5-13)29(27,28)15-3-2-6-22-11-15/h2-3,6,9-11,13H,4-5,7-8H2,1H3,(H2,21,25)(H,23,26). The molecule has 1 aromatic heterocycles. The molecule has 1 fully saturated rings. The lowest BCUT2D eigenvalue weighted by molar-refractivity contribution is -0.120. The number of nitrogens with two attached hydrogens (primary N) is 1. The summed E-state index contributed by atoms with van der Waals surface area (Å²) in [5, 5.41) is 2.64. The summed E-state index contributed by atoms with van der Waals surface area (Å²) in [7, 11) is -3.66. The Balaban J connectivity index is 1.68. The van der Waals surface area contributed by atoms with E-state index in [0.717, 1.165) is 6.07 Å². The van der Waals surface area contributed by atoms with E-state index < -0.39 is 27.7 Å². The molecule has 1 aliphatic heterocycles. The van der Waals surface area contributed by atoms with Crippen LogP contribution in [0.25, 0.3) is 0 Å². The van der Waals surface area contributed by atoms with E-state index in [1.807, 2.05) is 0 Å². The van der Waals surface area contributed by atoms with Crippen LogP contribution in [-0.2, 0) is 14.8 Å². The Morgan fingerprint density at radius 1 is 1.28 bits per heavy atom. The summed E-state index contributed by atoms with van der Waals surface area (Å²) < 4.78 is 40.6. The zero-order chi connectivity index (χ0) is 21.2. The van der Waals surface area contributed by atoms with Gasteiger partial charge in [-0.05, 0) is 44.0 Å². The fourth-order valence-corrected chi connectivity index (χ4v) is 4.63. The van der Waals surface area contributed by atoms with Crippen molar-refractivity contribution < 1.29 is 22.4 Å². The molecule has 0 atom stereocenters. The second-order valence-corrected chi connectivity index (χ2v) is 8.79. The number of nitrogens with zero attached hydrogens (tertiary/aromatic N) is 2. The lowest BCUT2D eigenvalue weighted by atomic mass is 9.97. The van der Waals surface area contributed by atoms with Gasteiger partial charge >= 0.3 is 0 Å². The number of sulfonamides is 1. The van der Waals surface area contributed by atoms with E-state index in [0.29, 0.717) is 12.8 Å². The van der Waals surface area contributed by atoms with E-state index in [-0.39, 0.29) is 40.7 Å². The van der Waals surface area contributed by atoms with E-state index in [4.69, 9.17) is 5.73 Å². The van der Waals surface area contributed by atoms with Crippen LogP contribution >= 0.6 is 0 Å². The van der Waals surface area contributed by atoms with E-state index >= 15 is 0 Å². The number of rotatable bonds is 5. The van der Waals surface area contributed by atoms with Crippen molar-refractivity contribution in [1.29, 1.82) is 0 Å². The molecule has 1 aromatic carbocycles. The molecule has 10 heteroatoms. The number of aromatic nitrogens is 1. The summed E-state index contributed by atoms with van der Waals surface area (Å²) in [5.74, 6) is -2.23. The average Bonchev–Trinajstić information content (AvgIpc) is 2.71. The van der Waals surface area contributed by atoms with E-state index in [2.05, 4.69) is 10.3 Å². The van der Waals surface area contributed by atoms with Crippen molar-refractivity contribution in [1.82, 2.24) is 9.29 Å². The number of benzene rings is 1. The van der Waals surface area contributed by atoms with Crippen LogP contribution in [0.1, 0.15) is 28.8 Å². The number of halogens is 1. The molecule has 1 saturated heterocycles. The van der Waals surface area contributed by atoms with Gasteiger partial charge in [-0.2, -0.15) is 4.31 Å². The normalized spacial score (nSPS) is 15.8. The SMILES string of the molecule is Cc1c(F)cc(C(N)=O)cc1NC(=O)C1CCN(S(=O)(=O)c2cccnc2)CC1. The Kier molecular flexibility index (Phi) is 5.94. The fourth-order valence-electron chi connectivity index (χ4n) is 3.19. The predicted octanol–water partition coefficient (Wildman–Crippen LogP) is 1.67. The maximum absolute atomic E-state index is 14.0. The summed E-state index contributed by atoms with van der Waals surface area (Å²) >= 11 is 0. The summed E-state index contributed by atoms with van der Waals surface area (Å²) in [6, 6.07) is 5.38. The molecule has 3 N–H and O–H groups in total. The molecule has 8 nitrogen and oxygen atoms in total. The number of piperidine rings is 1. The molecular weight excluding hydrogens is 399 g/mol. The smallest absolute Gasteiger partial charge is 0.248 e. The third-order valence-corrected chi connectivity index (χ3v) is 6.87. The Morgan fingerprint density at radius 2 is 1.97 bits per heavy atom. The van der Waals surface area contributed by atoms with Gasteiger partial charge in [0.2, 0.25) is 21.8 Å². The van der Waals surface area contributed by atoms with Crippen molar-refractivity contribution in [3.05, 3.63) is 53.6 Å². The molecule has 0 radical (unpaired) electrons. The van der Waals surface area contributed by atoms with Crippen molar-refractivity contribution in [3.63, 3.8) is 0 Å². The Morgan fingerprint density at radius 3 is 2.55 bits per heavy atom. The number of carbonyl (C=O) groups is 2. The van der Waals surface area contributed by atoms with Gasteiger partial charge in [0.25, 0.3) is 0 Å². The highest BCUT2D eigenvalue weighted by atomic mass is 32.2. The lowest BCUT2D eigenvalue weighted by Gasteiger charge is -2.30. The maximum Gasteiger partial charge on any atom is 0.248 e. The van der Waals surface area contributed by atoms with Crippen LogP contribution in [0.15, 0.2) is 41.6 Å². The molecule has 154 valence electrons. The van der Waals surface area contributed by atoms with Crippen LogP contribution in [0.4, 0.5) is 10.1 Å². The van der Waals surface area contributed by atoms with Gasteiger partial charge in [-0.1, -0.05) is 0 Å². The molecule has 0 aliphatic carbocycles. The first-order valence-electron chi connectivity index (χ1n) is 9.01. The number of carbonyl (C=O) groups excluding carboxylic acids is 2. The summed E-state index contributed by atoms with van der Waals surface area (Å²) in [6.07, 6.45) is 3.43. The van der Waals surface area contributed by atoms with Gasteiger partial charge in [-0.25, -0.2) is 12.8 Å². The first-order valence-corrected chi connectivity index (χ1v) is 10.4. The quantitative estimate of drug-likeness (QED) is 0.762. The highest BCUT2D eigenvalue weighted by molar-refractivity contribution is 7.89. The minimum absolute atomic E-state index is 0.0409. The Labute approximate surface area is 168 Å². The largest absolute Gasteiger partial charge is 0.366 e. The number of nitrogens with one attached hydrogen (secondary N) is 1. The molecule has 2 aromatic rings. The van der Waals surface area contributed by atoms with Crippen LogP contribution in [0.3, 0.4) is 0 Å². The highest BCUT2D eigenvalue weighted by Gasteiger charge is 2.32. The van der Waals surface area contributed by atoms with Gasteiger partial charge in [0.05, 0.1) is 0 Å². The third kappa shape index (κ3) is 4.43. The van der Waals surface area contributed by atoms with Crippen LogP contribution in [0.5, 0.6) is 0 Å². The zero-order valence-corrected chi connectivity index (χ0v) is 16.6. The summed E-state index contributed by atoms with van der Waals surface area (Å²) in [6.45, 7) is 1.85. The first kappa shape index (κ1) is 20.9. The highest BCUT2D eigenvalue weighted by Crippen LogP contribution is 2.26. The summed E-state index contributed by atoms with van der Waals surface area (Å²) in [5.41, 5.74) is 5.52. The van der Waals surface area contributed by atoms with Crippen molar-refractivity contribution in [2.24, 2.45) is 11.7 Å². The molecule has 0 saturated carbocycles. The summed E-state index contributed by atoms with van der Waals surface area (Å²) in [4.78, 5) is 27.9. The van der Waals surface area contributed by atoms with Crippen LogP contribution in [0, 0.1) is 18.7 Å². The van der Waals surface area contributed by atoms with Crippen LogP contribution in [0.2, 0.25) is 0 Å². The monoisotopic (exact) mass is 420 g/mol. The number of primary amides is 1. The number of anilines is 1. The van der Waals surface area contributed by atoms with Gasteiger partial charge < -0.3 is 11.1 Å². The number of hydrogen-bond acceptors (Lipinski definition) is 5. The topological polar surface area (TPSA) is 122 Å². The molecule has 29 heavy (non-hydrogen) atoms. The number of pyridine rings is 1. The number of amides is 2. The molecule has 2 heterocycles.